The monoisotopic (exact) mass is 288 g/mol. The van der Waals surface area contributed by atoms with Gasteiger partial charge in [-0.05, 0) is 24.3 Å². The van der Waals surface area contributed by atoms with Gasteiger partial charge in [0.25, 0.3) is 5.91 Å². The van der Waals surface area contributed by atoms with E-state index in [1.165, 1.54) is 0 Å². The number of ether oxygens (including phenoxy) is 1. The summed E-state index contributed by atoms with van der Waals surface area (Å²) in [5.74, 6) is 0.804. The molecule has 0 radical (unpaired) electrons. The summed E-state index contributed by atoms with van der Waals surface area (Å²) in [6.07, 6.45) is 1.64. The first-order chi connectivity index (χ1) is 9.67. The lowest BCUT2D eigenvalue weighted by Crippen LogP contribution is -2.26. The maximum atomic E-state index is 12.3. The number of halogens is 1. The number of nitrogens with zero attached hydrogens (tertiary/aromatic N) is 2. The molecule has 0 bridgehead atoms. The zero-order valence-corrected chi connectivity index (χ0v) is 11.8. The molecule has 4 nitrogen and oxygen atoms in total. The minimum atomic E-state index is -0.0000141. The predicted molar refractivity (Wildman–Crippen MR) is 74.3 cm³/mol. The summed E-state index contributed by atoms with van der Waals surface area (Å²) in [5, 5.41) is 0.419. The smallest absolute Gasteiger partial charge is 0.256 e. The van der Waals surface area contributed by atoms with Crippen molar-refractivity contribution in [1.29, 1.82) is 0 Å². The first-order valence-corrected chi connectivity index (χ1v) is 6.76. The molecule has 1 amide bonds. The van der Waals surface area contributed by atoms with Crippen LogP contribution in [0.1, 0.15) is 28.9 Å². The summed E-state index contributed by atoms with van der Waals surface area (Å²) in [5.41, 5.74) is 8.48. The van der Waals surface area contributed by atoms with Gasteiger partial charge >= 0.3 is 0 Å². The molecule has 3 rings (SSSR count). The number of carbonyl (C=O) groups is 1. The lowest BCUT2D eigenvalue weighted by atomic mass is 10.1. The highest BCUT2D eigenvalue weighted by Gasteiger charge is 2.29. The molecule has 0 N–H and O–H groups in total. The maximum absolute atomic E-state index is 12.3. The van der Waals surface area contributed by atoms with Crippen molar-refractivity contribution in [3.05, 3.63) is 51.3 Å². The third-order valence-corrected chi connectivity index (χ3v) is 3.67. The van der Waals surface area contributed by atoms with E-state index in [2.05, 4.69) is 16.4 Å². The van der Waals surface area contributed by atoms with Gasteiger partial charge in [-0.15, -0.1) is 0 Å². The number of rotatable bonds is 3. The highest BCUT2D eigenvalue weighted by Crippen LogP contribution is 2.25. The van der Waals surface area contributed by atoms with Gasteiger partial charge in [0, 0.05) is 12.0 Å². The van der Waals surface area contributed by atoms with Crippen molar-refractivity contribution in [2.75, 3.05) is 13.7 Å². The number of aromatic nitrogens is 1. The average Bonchev–Trinajstić information content (AvgIpc) is 2.75. The molecular weight excluding hydrogens is 276 g/mol. The molecule has 0 atom stereocenters. The van der Waals surface area contributed by atoms with E-state index in [9.17, 15) is 4.79 Å². The molecule has 0 fully saturated rings. The molecule has 0 unspecified atom stereocenters. The molecule has 2 heterocycles. The SMILES string of the molecule is COC1=C=C=C(CN2Cc3nc(Cl)ccc3C2=O)CC1. The number of allylic oxidation sites excluding steroid dienone is 1. The molecular formula is C15H13ClN2O2. The van der Waals surface area contributed by atoms with Crippen molar-refractivity contribution in [2.45, 2.75) is 19.4 Å². The summed E-state index contributed by atoms with van der Waals surface area (Å²) in [6.45, 7) is 1.05. The van der Waals surface area contributed by atoms with E-state index in [1.807, 2.05) is 0 Å². The summed E-state index contributed by atoms with van der Waals surface area (Å²) in [6, 6.07) is 3.39. The van der Waals surface area contributed by atoms with E-state index in [-0.39, 0.29) is 5.91 Å². The Kier molecular flexibility index (Phi) is 3.37. The van der Waals surface area contributed by atoms with Crippen molar-refractivity contribution in [3.63, 3.8) is 0 Å². The van der Waals surface area contributed by atoms with E-state index in [1.54, 1.807) is 24.1 Å². The topological polar surface area (TPSA) is 42.4 Å². The van der Waals surface area contributed by atoms with E-state index in [0.717, 1.165) is 29.9 Å². The Bertz CT molecular complexity index is 683. The van der Waals surface area contributed by atoms with Gasteiger partial charge in [0.2, 0.25) is 0 Å². The van der Waals surface area contributed by atoms with Gasteiger partial charge in [0.05, 0.1) is 31.5 Å². The lowest BCUT2D eigenvalue weighted by Gasteiger charge is -2.17. The molecule has 0 spiro atoms. The van der Waals surface area contributed by atoms with Gasteiger partial charge in [-0.1, -0.05) is 17.3 Å². The van der Waals surface area contributed by atoms with Crippen LogP contribution < -0.4 is 0 Å². The maximum Gasteiger partial charge on any atom is 0.256 e. The molecule has 1 aliphatic carbocycles. The molecule has 0 saturated heterocycles. The Balaban J connectivity index is 1.81. The molecule has 1 aliphatic heterocycles. The van der Waals surface area contributed by atoms with Crippen LogP contribution in [0.4, 0.5) is 0 Å². The number of amides is 1. The fourth-order valence-electron chi connectivity index (χ4n) is 2.39. The fourth-order valence-corrected chi connectivity index (χ4v) is 2.56. The molecule has 20 heavy (non-hydrogen) atoms. The summed E-state index contributed by atoms with van der Waals surface area (Å²) >= 11 is 5.86. The Labute approximate surface area is 122 Å². The van der Waals surface area contributed by atoms with E-state index in [4.69, 9.17) is 16.3 Å². The second-order valence-corrected chi connectivity index (χ2v) is 5.16. The van der Waals surface area contributed by atoms with Crippen molar-refractivity contribution in [2.24, 2.45) is 0 Å². The van der Waals surface area contributed by atoms with Crippen LogP contribution in [0.2, 0.25) is 5.15 Å². The Morgan fingerprint density at radius 3 is 2.95 bits per heavy atom. The second kappa shape index (κ2) is 5.18. The quantitative estimate of drug-likeness (QED) is 0.634. The summed E-state index contributed by atoms with van der Waals surface area (Å²) < 4.78 is 5.12. The lowest BCUT2D eigenvalue weighted by molar-refractivity contribution is 0.0791. The molecule has 2 aliphatic rings. The van der Waals surface area contributed by atoms with Crippen molar-refractivity contribution in [3.8, 4) is 0 Å². The number of pyridine rings is 1. The van der Waals surface area contributed by atoms with Crippen LogP contribution in [0.15, 0.2) is 34.9 Å². The van der Waals surface area contributed by atoms with Gasteiger partial charge in [-0.3, -0.25) is 4.79 Å². The normalized spacial score (nSPS) is 16.9. The molecule has 1 aromatic rings. The average molecular weight is 289 g/mol. The van der Waals surface area contributed by atoms with Gasteiger partial charge < -0.3 is 9.64 Å². The van der Waals surface area contributed by atoms with Crippen LogP contribution in [0.5, 0.6) is 0 Å². The number of hydrogen-bond acceptors (Lipinski definition) is 3. The standard InChI is InChI=1S/C15H13ClN2O2/c1-20-11-4-2-10(3-5-11)8-18-9-13-12(15(18)19)6-7-14(16)17-13/h6-7H,2,4,8-9H2,1H3. The van der Waals surface area contributed by atoms with Crippen molar-refractivity contribution >= 4 is 17.5 Å². The zero-order valence-electron chi connectivity index (χ0n) is 11.1. The first-order valence-electron chi connectivity index (χ1n) is 6.38. The van der Waals surface area contributed by atoms with Crippen LogP contribution in [0.25, 0.3) is 0 Å². The van der Waals surface area contributed by atoms with Crippen molar-refractivity contribution < 1.29 is 9.53 Å². The van der Waals surface area contributed by atoms with E-state index in [0.29, 0.717) is 23.8 Å². The molecule has 1 aromatic heterocycles. The molecule has 0 aromatic carbocycles. The number of methoxy groups -OCH3 is 1. The third kappa shape index (κ3) is 2.37. The summed E-state index contributed by atoms with van der Waals surface area (Å²) in [4.78, 5) is 18.2. The minimum Gasteiger partial charge on any atom is -0.492 e. The highest BCUT2D eigenvalue weighted by molar-refractivity contribution is 6.29. The van der Waals surface area contributed by atoms with Crippen LogP contribution in [0, 0.1) is 0 Å². The van der Waals surface area contributed by atoms with Gasteiger partial charge in [-0.25, -0.2) is 4.98 Å². The zero-order chi connectivity index (χ0) is 14.1. The van der Waals surface area contributed by atoms with Crippen molar-refractivity contribution in [1.82, 2.24) is 9.88 Å². The van der Waals surface area contributed by atoms with E-state index < -0.39 is 0 Å². The van der Waals surface area contributed by atoms with Gasteiger partial charge in [0.15, 0.2) is 0 Å². The Morgan fingerprint density at radius 2 is 2.25 bits per heavy atom. The first kappa shape index (κ1) is 13.0. The summed E-state index contributed by atoms with van der Waals surface area (Å²) in [7, 11) is 1.63. The molecule has 5 heteroatoms. The van der Waals surface area contributed by atoms with Crippen LogP contribution >= 0.6 is 11.6 Å². The molecule has 0 saturated carbocycles. The Morgan fingerprint density at radius 1 is 1.40 bits per heavy atom. The Hall–Kier alpha value is -1.99. The van der Waals surface area contributed by atoms with Gasteiger partial charge in [-0.2, -0.15) is 0 Å². The van der Waals surface area contributed by atoms with Gasteiger partial charge in [0.1, 0.15) is 10.9 Å². The number of fused-ring (bicyclic) bond motifs is 1. The van der Waals surface area contributed by atoms with E-state index >= 15 is 0 Å². The van der Waals surface area contributed by atoms with Crippen LogP contribution in [-0.4, -0.2) is 29.4 Å². The molecule has 102 valence electrons. The van der Waals surface area contributed by atoms with Crippen LogP contribution in [0.3, 0.4) is 0 Å². The van der Waals surface area contributed by atoms with Crippen LogP contribution in [-0.2, 0) is 11.3 Å². The number of carbonyl (C=O) groups excluding carboxylic acids is 1. The second-order valence-electron chi connectivity index (χ2n) is 4.77. The third-order valence-electron chi connectivity index (χ3n) is 3.46. The fraction of sp³-hybridized carbons (Fsp3) is 0.333. The number of hydrogen-bond donors (Lipinski definition) is 0. The predicted octanol–water partition coefficient (Wildman–Crippen LogP) is 2.70. The highest BCUT2D eigenvalue weighted by atomic mass is 35.5. The largest absolute Gasteiger partial charge is 0.492 e. The minimum absolute atomic E-state index is 0.0000141.